The second-order valence-corrected chi connectivity index (χ2v) is 5.32. The topological polar surface area (TPSA) is 41.7 Å². The van der Waals surface area contributed by atoms with Crippen LogP contribution in [0.15, 0.2) is 12.1 Å². The van der Waals surface area contributed by atoms with Gasteiger partial charge in [-0.15, -0.1) is 0 Å². The van der Waals surface area contributed by atoms with Gasteiger partial charge in [-0.3, -0.25) is 4.90 Å². The summed E-state index contributed by atoms with van der Waals surface area (Å²) in [4.78, 5) is 4.79. The lowest BCUT2D eigenvalue weighted by Gasteiger charge is -2.39. The molecule has 1 aromatic rings. The van der Waals surface area contributed by atoms with Crippen molar-refractivity contribution in [1.29, 1.82) is 0 Å². The highest BCUT2D eigenvalue weighted by molar-refractivity contribution is 5.70. The fourth-order valence-electron chi connectivity index (χ4n) is 3.20. The zero-order valence-corrected chi connectivity index (χ0v) is 11.2. The van der Waals surface area contributed by atoms with E-state index in [0.717, 1.165) is 25.3 Å². The first-order valence-corrected chi connectivity index (χ1v) is 6.81. The molecule has 2 fully saturated rings. The van der Waals surface area contributed by atoms with Gasteiger partial charge in [0.25, 0.3) is 0 Å². The van der Waals surface area contributed by atoms with Crippen LogP contribution in [0.5, 0.6) is 5.75 Å². The maximum atomic E-state index is 13.6. The number of hydrogen-bond acceptors (Lipinski definition) is 4. The molecule has 0 amide bonds. The molecule has 2 aliphatic heterocycles. The van der Waals surface area contributed by atoms with Crippen LogP contribution in [0.25, 0.3) is 0 Å². The summed E-state index contributed by atoms with van der Waals surface area (Å²) in [5, 5.41) is 0. The summed E-state index contributed by atoms with van der Waals surface area (Å²) in [5.74, 6) is -0.138. The molecular formula is C14H20FN3O. The molecule has 0 aromatic heterocycles. The number of fused-ring (bicyclic) bond motifs is 1. The first kappa shape index (κ1) is 12.5. The molecule has 3 rings (SSSR count). The highest BCUT2D eigenvalue weighted by atomic mass is 19.1. The van der Waals surface area contributed by atoms with E-state index in [0.29, 0.717) is 11.7 Å². The average Bonchev–Trinajstić information content (AvgIpc) is 2.86. The number of piperazine rings is 1. The molecule has 2 N–H and O–H groups in total. The lowest BCUT2D eigenvalue weighted by Crippen LogP contribution is -2.50. The van der Waals surface area contributed by atoms with Crippen LogP contribution in [0.4, 0.5) is 15.8 Å². The van der Waals surface area contributed by atoms with Gasteiger partial charge < -0.3 is 15.4 Å². The molecule has 1 atom stereocenters. The number of halogens is 1. The SMILES string of the molecule is COc1cc(N2CCN3CCCC3C2)c(N)cc1F. The average molecular weight is 265 g/mol. The summed E-state index contributed by atoms with van der Waals surface area (Å²) in [7, 11) is 1.48. The fraction of sp³-hybridized carbons (Fsp3) is 0.571. The Morgan fingerprint density at radius 2 is 2.16 bits per heavy atom. The van der Waals surface area contributed by atoms with Crippen LogP contribution in [0, 0.1) is 5.82 Å². The molecule has 2 aliphatic rings. The van der Waals surface area contributed by atoms with Crippen molar-refractivity contribution < 1.29 is 9.13 Å². The molecule has 0 saturated carbocycles. The summed E-state index contributed by atoms with van der Waals surface area (Å²) >= 11 is 0. The van der Waals surface area contributed by atoms with E-state index >= 15 is 0 Å². The first-order valence-electron chi connectivity index (χ1n) is 6.81. The Kier molecular flexibility index (Phi) is 3.22. The van der Waals surface area contributed by atoms with E-state index in [1.165, 1.54) is 32.6 Å². The Hall–Kier alpha value is -1.49. The Balaban J connectivity index is 1.85. The number of anilines is 2. The van der Waals surface area contributed by atoms with E-state index in [1.807, 2.05) is 0 Å². The number of methoxy groups -OCH3 is 1. The summed E-state index contributed by atoms with van der Waals surface area (Å²) < 4.78 is 18.6. The van der Waals surface area contributed by atoms with Crippen molar-refractivity contribution in [3.8, 4) is 5.75 Å². The zero-order valence-electron chi connectivity index (χ0n) is 11.2. The van der Waals surface area contributed by atoms with Gasteiger partial charge in [0.2, 0.25) is 0 Å². The van der Waals surface area contributed by atoms with E-state index in [4.69, 9.17) is 10.5 Å². The van der Waals surface area contributed by atoms with Crippen molar-refractivity contribution in [2.24, 2.45) is 0 Å². The Labute approximate surface area is 112 Å². The Bertz CT molecular complexity index is 480. The molecule has 0 bridgehead atoms. The number of hydrogen-bond donors (Lipinski definition) is 1. The molecule has 4 nitrogen and oxygen atoms in total. The minimum Gasteiger partial charge on any atom is -0.494 e. The summed E-state index contributed by atoms with van der Waals surface area (Å²) in [6.45, 7) is 4.18. The van der Waals surface area contributed by atoms with Crippen LogP contribution in [0.2, 0.25) is 0 Å². The summed E-state index contributed by atoms with van der Waals surface area (Å²) in [6.07, 6.45) is 2.52. The number of benzene rings is 1. The van der Waals surface area contributed by atoms with E-state index in [1.54, 1.807) is 6.07 Å². The third-order valence-electron chi connectivity index (χ3n) is 4.23. The van der Waals surface area contributed by atoms with E-state index in [9.17, 15) is 4.39 Å². The number of ether oxygens (including phenoxy) is 1. The van der Waals surface area contributed by atoms with Crippen molar-refractivity contribution in [2.45, 2.75) is 18.9 Å². The van der Waals surface area contributed by atoms with Crippen LogP contribution < -0.4 is 15.4 Å². The third kappa shape index (κ3) is 2.23. The molecular weight excluding hydrogens is 245 g/mol. The van der Waals surface area contributed by atoms with Gasteiger partial charge in [-0.2, -0.15) is 0 Å². The maximum Gasteiger partial charge on any atom is 0.167 e. The van der Waals surface area contributed by atoms with Gasteiger partial charge in [0.05, 0.1) is 18.5 Å². The van der Waals surface area contributed by atoms with E-state index in [-0.39, 0.29) is 5.75 Å². The van der Waals surface area contributed by atoms with Gasteiger partial charge in [0.1, 0.15) is 0 Å². The van der Waals surface area contributed by atoms with Crippen molar-refractivity contribution in [1.82, 2.24) is 4.90 Å². The van der Waals surface area contributed by atoms with Crippen molar-refractivity contribution in [2.75, 3.05) is 43.9 Å². The first-order chi connectivity index (χ1) is 9.19. The van der Waals surface area contributed by atoms with Crippen LogP contribution in [0.3, 0.4) is 0 Å². The number of nitrogens with zero attached hydrogens (tertiary/aromatic N) is 2. The lowest BCUT2D eigenvalue weighted by atomic mass is 10.1. The fourth-order valence-corrected chi connectivity index (χ4v) is 3.20. The Morgan fingerprint density at radius 1 is 1.32 bits per heavy atom. The second-order valence-electron chi connectivity index (χ2n) is 5.32. The molecule has 1 aromatic carbocycles. The number of rotatable bonds is 2. The quantitative estimate of drug-likeness (QED) is 0.826. The molecule has 0 aliphatic carbocycles. The monoisotopic (exact) mass is 265 g/mol. The van der Waals surface area contributed by atoms with Gasteiger partial charge in [-0.25, -0.2) is 4.39 Å². The lowest BCUT2D eigenvalue weighted by molar-refractivity contribution is 0.231. The second kappa shape index (κ2) is 4.89. The number of nitrogens with two attached hydrogens (primary N) is 1. The van der Waals surface area contributed by atoms with Gasteiger partial charge in [-0.1, -0.05) is 0 Å². The Morgan fingerprint density at radius 3 is 2.95 bits per heavy atom. The molecule has 19 heavy (non-hydrogen) atoms. The van der Waals surface area contributed by atoms with Crippen molar-refractivity contribution >= 4 is 11.4 Å². The molecule has 5 heteroatoms. The van der Waals surface area contributed by atoms with Crippen LogP contribution in [-0.2, 0) is 0 Å². The number of nitrogen functional groups attached to an aromatic ring is 1. The highest BCUT2D eigenvalue weighted by Crippen LogP contribution is 2.33. The minimum atomic E-state index is -0.400. The van der Waals surface area contributed by atoms with Gasteiger partial charge in [-0.05, 0) is 19.4 Å². The molecule has 0 radical (unpaired) electrons. The standard InChI is InChI=1S/C14H20FN3O/c1-19-14-8-13(12(16)7-11(14)15)18-6-5-17-4-2-3-10(17)9-18/h7-8,10H,2-6,9,16H2,1H3. The van der Waals surface area contributed by atoms with E-state index in [2.05, 4.69) is 9.80 Å². The van der Waals surface area contributed by atoms with Crippen molar-refractivity contribution in [3.05, 3.63) is 17.9 Å². The molecule has 2 saturated heterocycles. The third-order valence-corrected chi connectivity index (χ3v) is 4.23. The van der Waals surface area contributed by atoms with Crippen LogP contribution in [-0.4, -0.2) is 44.2 Å². The minimum absolute atomic E-state index is 0.262. The van der Waals surface area contributed by atoms with E-state index < -0.39 is 5.82 Å². The van der Waals surface area contributed by atoms with Gasteiger partial charge >= 0.3 is 0 Å². The molecule has 104 valence electrons. The predicted octanol–water partition coefficient (Wildman–Crippen LogP) is 1.70. The summed E-state index contributed by atoms with van der Waals surface area (Å²) in [6, 6.07) is 3.69. The van der Waals surface area contributed by atoms with Gasteiger partial charge in [0.15, 0.2) is 11.6 Å². The molecule has 0 spiro atoms. The van der Waals surface area contributed by atoms with Gasteiger partial charge in [0, 0.05) is 37.8 Å². The highest BCUT2D eigenvalue weighted by Gasteiger charge is 2.31. The smallest absolute Gasteiger partial charge is 0.167 e. The summed E-state index contributed by atoms with van der Waals surface area (Å²) in [5.41, 5.74) is 7.35. The van der Waals surface area contributed by atoms with Crippen LogP contribution >= 0.6 is 0 Å². The molecule has 1 unspecified atom stereocenters. The zero-order chi connectivity index (χ0) is 13.4. The maximum absolute atomic E-state index is 13.6. The van der Waals surface area contributed by atoms with Crippen LogP contribution in [0.1, 0.15) is 12.8 Å². The predicted molar refractivity (Wildman–Crippen MR) is 74.2 cm³/mol. The molecule has 2 heterocycles. The normalized spacial score (nSPS) is 23.5. The van der Waals surface area contributed by atoms with Crippen molar-refractivity contribution in [3.63, 3.8) is 0 Å². The largest absolute Gasteiger partial charge is 0.494 e.